The van der Waals surface area contributed by atoms with E-state index in [9.17, 15) is 13.2 Å². The minimum Gasteiger partial charge on any atom is -0.206 e. The van der Waals surface area contributed by atoms with Gasteiger partial charge < -0.3 is 0 Å². The molecule has 2 aromatic carbocycles. The number of rotatable bonds is 2. The maximum Gasteiger partial charge on any atom is 0.166 e. The Morgan fingerprint density at radius 3 is 2.29 bits per heavy atom. The average molecular weight is 257 g/mol. The van der Waals surface area contributed by atoms with Crippen molar-refractivity contribution in [1.29, 1.82) is 0 Å². The van der Waals surface area contributed by atoms with Crippen LogP contribution in [0.1, 0.15) is 5.56 Å². The Bertz CT molecular complexity index is 552. The van der Waals surface area contributed by atoms with Gasteiger partial charge in [0.2, 0.25) is 0 Å². The van der Waals surface area contributed by atoms with E-state index < -0.39 is 17.5 Å². The summed E-state index contributed by atoms with van der Waals surface area (Å²) in [4.78, 5) is 0. The van der Waals surface area contributed by atoms with Gasteiger partial charge in [0.1, 0.15) is 5.82 Å². The molecule has 0 saturated carbocycles. The maximum absolute atomic E-state index is 13.7. The third-order valence-corrected chi connectivity index (χ3v) is 2.74. The minimum atomic E-state index is -1.05. The highest BCUT2D eigenvalue weighted by atomic mass is 35.5. The summed E-state index contributed by atoms with van der Waals surface area (Å²) in [6.07, 6.45) is 0. The molecule has 2 aromatic rings. The summed E-state index contributed by atoms with van der Waals surface area (Å²) < 4.78 is 40.2. The molecule has 17 heavy (non-hydrogen) atoms. The van der Waals surface area contributed by atoms with Gasteiger partial charge in [-0.25, -0.2) is 13.2 Å². The Kier molecular flexibility index (Phi) is 3.38. The van der Waals surface area contributed by atoms with Gasteiger partial charge >= 0.3 is 0 Å². The molecule has 0 amide bonds. The van der Waals surface area contributed by atoms with Crippen LogP contribution in [0.25, 0.3) is 11.1 Å². The van der Waals surface area contributed by atoms with Crippen LogP contribution < -0.4 is 0 Å². The first kappa shape index (κ1) is 12.0. The van der Waals surface area contributed by atoms with Crippen LogP contribution in [0, 0.1) is 17.5 Å². The maximum atomic E-state index is 13.7. The zero-order valence-corrected chi connectivity index (χ0v) is 9.44. The fourth-order valence-electron chi connectivity index (χ4n) is 1.57. The van der Waals surface area contributed by atoms with Crippen molar-refractivity contribution in [3.63, 3.8) is 0 Å². The molecule has 0 fully saturated rings. The van der Waals surface area contributed by atoms with Crippen molar-refractivity contribution >= 4 is 11.6 Å². The summed E-state index contributed by atoms with van der Waals surface area (Å²) in [5, 5.41) is 0. The Labute approximate surface area is 102 Å². The molecule has 0 N–H and O–H groups in total. The summed E-state index contributed by atoms with van der Waals surface area (Å²) in [7, 11) is 0. The van der Waals surface area contributed by atoms with Crippen molar-refractivity contribution in [3.8, 4) is 11.1 Å². The van der Waals surface area contributed by atoms with E-state index in [4.69, 9.17) is 11.6 Å². The van der Waals surface area contributed by atoms with Gasteiger partial charge in [-0.3, -0.25) is 0 Å². The lowest BCUT2D eigenvalue weighted by Crippen LogP contribution is -1.93. The molecule has 0 aromatic heterocycles. The SMILES string of the molecule is Fc1cc(CCl)ccc1-c1cccc(F)c1F. The van der Waals surface area contributed by atoms with Gasteiger partial charge in [0, 0.05) is 17.0 Å². The van der Waals surface area contributed by atoms with Gasteiger partial charge in [0.05, 0.1) is 0 Å². The molecule has 0 unspecified atom stereocenters. The van der Waals surface area contributed by atoms with Crippen molar-refractivity contribution in [2.75, 3.05) is 0 Å². The molecule has 0 radical (unpaired) electrons. The molecular weight excluding hydrogens is 249 g/mol. The normalized spacial score (nSPS) is 10.6. The standard InChI is InChI=1S/C13H8ClF3/c14-7-8-4-5-9(12(16)6-8)10-2-1-3-11(15)13(10)17/h1-6H,7H2. The topological polar surface area (TPSA) is 0 Å². The van der Waals surface area contributed by atoms with Gasteiger partial charge in [0.15, 0.2) is 11.6 Å². The van der Waals surface area contributed by atoms with Crippen molar-refractivity contribution in [1.82, 2.24) is 0 Å². The number of alkyl halides is 1. The first-order valence-corrected chi connectivity index (χ1v) is 5.45. The second kappa shape index (κ2) is 4.80. The lowest BCUT2D eigenvalue weighted by Gasteiger charge is -2.06. The van der Waals surface area contributed by atoms with Crippen LogP contribution in [-0.4, -0.2) is 0 Å². The number of hydrogen-bond acceptors (Lipinski definition) is 0. The Hall–Kier alpha value is -1.48. The number of hydrogen-bond donors (Lipinski definition) is 0. The average Bonchev–Trinajstić information content (AvgIpc) is 2.33. The summed E-state index contributed by atoms with van der Waals surface area (Å²) in [5.74, 6) is -2.50. The molecule has 88 valence electrons. The van der Waals surface area contributed by atoms with E-state index in [1.165, 1.54) is 24.3 Å². The molecule has 0 aliphatic carbocycles. The highest BCUT2D eigenvalue weighted by molar-refractivity contribution is 6.17. The quantitative estimate of drug-likeness (QED) is 0.694. The van der Waals surface area contributed by atoms with Crippen LogP contribution in [0.4, 0.5) is 13.2 Å². The molecule has 0 aliphatic heterocycles. The lowest BCUT2D eigenvalue weighted by atomic mass is 10.0. The second-order valence-electron chi connectivity index (χ2n) is 3.55. The molecular formula is C13H8ClF3. The summed E-state index contributed by atoms with van der Waals surface area (Å²) >= 11 is 5.55. The highest BCUT2D eigenvalue weighted by Crippen LogP contribution is 2.27. The fraction of sp³-hybridized carbons (Fsp3) is 0.0769. The van der Waals surface area contributed by atoms with E-state index in [-0.39, 0.29) is 17.0 Å². The largest absolute Gasteiger partial charge is 0.206 e. The van der Waals surface area contributed by atoms with E-state index in [2.05, 4.69) is 0 Å². The molecule has 0 saturated heterocycles. The monoisotopic (exact) mass is 256 g/mol. The molecule has 0 bridgehead atoms. The van der Waals surface area contributed by atoms with Crippen LogP contribution in [0.3, 0.4) is 0 Å². The number of benzene rings is 2. The van der Waals surface area contributed by atoms with Crippen LogP contribution in [0.15, 0.2) is 36.4 Å². The van der Waals surface area contributed by atoms with Gasteiger partial charge in [-0.2, -0.15) is 0 Å². The molecule has 4 heteroatoms. The smallest absolute Gasteiger partial charge is 0.166 e. The molecule has 0 nitrogen and oxygen atoms in total. The number of halogens is 4. The predicted octanol–water partition coefficient (Wildman–Crippen LogP) is 4.51. The van der Waals surface area contributed by atoms with E-state index in [1.807, 2.05) is 0 Å². The molecule has 0 heterocycles. The Morgan fingerprint density at radius 2 is 1.65 bits per heavy atom. The zero-order chi connectivity index (χ0) is 12.4. The van der Waals surface area contributed by atoms with Crippen LogP contribution in [0.5, 0.6) is 0 Å². The summed E-state index contributed by atoms with van der Waals surface area (Å²) in [5.41, 5.74) is 0.518. The Balaban J connectivity index is 2.57. The Morgan fingerprint density at radius 1 is 0.882 bits per heavy atom. The third-order valence-electron chi connectivity index (χ3n) is 2.43. The van der Waals surface area contributed by atoms with Gasteiger partial charge in [-0.1, -0.05) is 24.3 Å². The lowest BCUT2D eigenvalue weighted by molar-refractivity contribution is 0.510. The van der Waals surface area contributed by atoms with E-state index in [0.717, 1.165) is 6.07 Å². The first-order chi connectivity index (χ1) is 8.13. The highest BCUT2D eigenvalue weighted by Gasteiger charge is 2.13. The minimum absolute atomic E-state index is 0.0240. The van der Waals surface area contributed by atoms with E-state index in [1.54, 1.807) is 6.07 Å². The van der Waals surface area contributed by atoms with Gasteiger partial charge in [0.25, 0.3) is 0 Å². The van der Waals surface area contributed by atoms with Crippen molar-refractivity contribution in [2.45, 2.75) is 5.88 Å². The zero-order valence-electron chi connectivity index (χ0n) is 8.68. The molecule has 0 spiro atoms. The van der Waals surface area contributed by atoms with Gasteiger partial charge in [-0.05, 0) is 17.7 Å². The van der Waals surface area contributed by atoms with Gasteiger partial charge in [-0.15, -0.1) is 11.6 Å². The fourth-order valence-corrected chi connectivity index (χ4v) is 1.74. The van der Waals surface area contributed by atoms with E-state index >= 15 is 0 Å². The second-order valence-corrected chi connectivity index (χ2v) is 3.82. The molecule has 0 atom stereocenters. The first-order valence-electron chi connectivity index (χ1n) is 4.92. The summed E-state index contributed by atoms with van der Waals surface area (Å²) in [6, 6.07) is 7.84. The van der Waals surface area contributed by atoms with Crippen molar-refractivity contribution in [3.05, 3.63) is 59.4 Å². The third kappa shape index (κ3) is 2.29. The van der Waals surface area contributed by atoms with Crippen molar-refractivity contribution < 1.29 is 13.2 Å². The van der Waals surface area contributed by atoms with Crippen LogP contribution in [-0.2, 0) is 5.88 Å². The molecule has 2 rings (SSSR count). The van der Waals surface area contributed by atoms with E-state index in [0.29, 0.717) is 5.56 Å². The van der Waals surface area contributed by atoms with Crippen LogP contribution >= 0.6 is 11.6 Å². The summed E-state index contributed by atoms with van der Waals surface area (Å²) in [6.45, 7) is 0. The van der Waals surface area contributed by atoms with Crippen LogP contribution in [0.2, 0.25) is 0 Å². The molecule has 0 aliphatic rings. The van der Waals surface area contributed by atoms with Crippen molar-refractivity contribution in [2.24, 2.45) is 0 Å². The predicted molar refractivity (Wildman–Crippen MR) is 61.3 cm³/mol.